The van der Waals surface area contributed by atoms with Gasteiger partial charge in [0.25, 0.3) is 0 Å². The molecule has 1 aliphatic heterocycles. The molecule has 7 N–H and O–H groups in total. The van der Waals surface area contributed by atoms with Crippen LogP contribution >= 0.6 is 0 Å². The molecule has 1 fully saturated rings. The van der Waals surface area contributed by atoms with Gasteiger partial charge < -0.3 is 32.1 Å². The summed E-state index contributed by atoms with van der Waals surface area (Å²) in [6.45, 7) is 7.34. The van der Waals surface area contributed by atoms with Gasteiger partial charge in [-0.25, -0.2) is 4.79 Å². The molecule has 0 aromatic heterocycles. The molecule has 5 unspecified atom stereocenters. The lowest BCUT2D eigenvalue weighted by Gasteiger charge is -2.32. The van der Waals surface area contributed by atoms with Crippen molar-refractivity contribution in [1.82, 2.24) is 15.5 Å². The number of primary amides is 1. The van der Waals surface area contributed by atoms with Crippen LogP contribution in [0.3, 0.4) is 0 Å². The Balaban J connectivity index is 2.94. The summed E-state index contributed by atoms with van der Waals surface area (Å²) in [6.07, 6.45) is 1.18. The zero-order valence-electron chi connectivity index (χ0n) is 18.6. The average molecular weight is 442 g/mol. The SMILES string of the molecule is CCC(C)C(NC(=O)C1CCCN1C(=O)C(NC(=O)C(N)CC(N)=O)C(C)C)C(=O)O. The number of hydrogen-bond acceptors (Lipinski definition) is 6. The van der Waals surface area contributed by atoms with Crippen molar-refractivity contribution in [2.24, 2.45) is 23.3 Å². The van der Waals surface area contributed by atoms with Crippen molar-refractivity contribution >= 4 is 29.6 Å². The Morgan fingerprint density at radius 2 is 1.71 bits per heavy atom. The molecule has 0 bridgehead atoms. The van der Waals surface area contributed by atoms with E-state index >= 15 is 0 Å². The number of nitrogens with zero attached hydrogens (tertiary/aromatic N) is 1. The maximum Gasteiger partial charge on any atom is 0.326 e. The third kappa shape index (κ3) is 7.20. The minimum Gasteiger partial charge on any atom is -0.480 e. The van der Waals surface area contributed by atoms with E-state index in [-0.39, 0.29) is 18.3 Å². The fraction of sp³-hybridized carbons (Fsp3) is 0.750. The molecule has 1 heterocycles. The lowest BCUT2D eigenvalue weighted by molar-refractivity contribution is -0.146. The van der Waals surface area contributed by atoms with E-state index in [1.807, 2.05) is 6.92 Å². The van der Waals surface area contributed by atoms with E-state index in [0.717, 1.165) is 0 Å². The average Bonchev–Trinajstić information content (AvgIpc) is 3.17. The first kappa shape index (κ1) is 26.3. The summed E-state index contributed by atoms with van der Waals surface area (Å²) in [5.41, 5.74) is 10.7. The third-order valence-electron chi connectivity index (χ3n) is 5.60. The van der Waals surface area contributed by atoms with Gasteiger partial charge in [0, 0.05) is 6.54 Å². The maximum absolute atomic E-state index is 13.2. The van der Waals surface area contributed by atoms with Crippen LogP contribution in [0, 0.1) is 11.8 Å². The number of carbonyl (C=O) groups is 5. The molecular weight excluding hydrogens is 406 g/mol. The third-order valence-corrected chi connectivity index (χ3v) is 5.60. The topological polar surface area (TPSA) is 185 Å². The lowest BCUT2D eigenvalue weighted by atomic mass is 9.98. The number of carboxylic acids is 1. The summed E-state index contributed by atoms with van der Waals surface area (Å²) < 4.78 is 0. The van der Waals surface area contributed by atoms with Crippen molar-refractivity contribution < 1.29 is 29.1 Å². The molecule has 0 radical (unpaired) electrons. The summed E-state index contributed by atoms with van der Waals surface area (Å²) in [5.74, 6) is -4.13. The molecule has 0 saturated carbocycles. The smallest absolute Gasteiger partial charge is 0.326 e. The van der Waals surface area contributed by atoms with Gasteiger partial charge in [-0.2, -0.15) is 0 Å². The second kappa shape index (κ2) is 11.6. The van der Waals surface area contributed by atoms with Gasteiger partial charge in [0.15, 0.2) is 0 Å². The highest BCUT2D eigenvalue weighted by atomic mass is 16.4. The summed E-state index contributed by atoms with van der Waals surface area (Å²) in [7, 11) is 0. The van der Waals surface area contributed by atoms with Gasteiger partial charge in [-0.3, -0.25) is 19.2 Å². The largest absolute Gasteiger partial charge is 0.480 e. The fourth-order valence-corrected chi connectivity index (χ4v) is 3.50. The zero-order chi connectivity index (χ0) is 23.9. The van der Waals surface area contributed by atoms with Crippen molar-refractivity contribution in [3.8, 4) is 0 Å². The molecule has 11 nitrogen and oxygen atoms in total. The van der Waals surface area contributed by atoms with E-state index in [2.05, 4.69) is 10.6 Å². The van der Waals surface area contributed by atoms with Crippen molar-refractivity contribution in [3.05, 3.63) is 0 Å². The number of likely N-dealkylation sites (tertiary alicyclic amines) is 1. The molecule has 5 atom stereocenters. The van der Waals surface area contributed by atoms with Crippen LogP contribution in [0.15, 0.2) is 0 Å². The molecular formula is C20H35N5O6. The quantitative estimate of drug-likeness (QED) is 0.270. The molecule has 4 amide bonds. The highest BCUT2D eigenvalue weighted by molar-refractivity contribution is 5.95. The van der Waals surface area contributed by atoms with E-state index < -0.39 is 53.8 Å². The lowest BCUT2D eigenvalue weighted by Crippen LogP contribution is -2.58. The first-order chi connectivity index (χ1) is 14.4. The van der Waals surface area contributed by atoms with Crippen molar-refractivity contribution in [1.29, 1.82) is 0 Å². The number of nitrogens with two attached hydrogens (primary N) is 2. The number of nitrogens with one attached hydrogen (secondary N) is 2. The predicted octanol–water partition coefficient (Wildman–Crippen LogP) is -1.06. The number of carbonyl (C=O) groups excluding carboxylic acids is 4. The number of amides is 4. The molecule has 1 saturated heterocycles. The number of hydrogen-bond donors (Lipinski definition) is 5. The minimum absolute atomic E-state index is 0.276. The Morgan fingerprint density at radius 1 is 1.10 bits per heavy atom. The number of carboxylic acid groups (broad SMARTS) is 1. The van der Waals surface area contributed by atoms with E-state index in [1.54, 1.807) is 20.8 Å². The van der Waals surface area contributed by atoms with E-state index in [0.29, 0.717) is 25.8 Å². The van der Waals surface area contributed by atoms with Crippen LogP contribution in [-0.2, 0) is 24.0 Å². The maximum atomic E-state index is 13.2. The van der Waals surface area contributed by atoms with Gasteiger partial charge in [0.2, 0.25) is 23.6 Å². The first-order valence-corrected chi connectivity index (χ1v) is 10.6. The minimum atomic E-state index is -1.18. The van der Waals surface area contributed by atoms with Gasteiger partial charge in [-0.15, -0.1) is 0 Å². The standard InChI is InChI=1S/C20H35N5O6/c1-5-11(4)16(20(30)31)24-18(28)13-7-6-8-25(13)19(29)15(10(2)3)23-17(27)12(21)9-14(22)26/h10-13,15-16H,5-9,21H2,1-4H3,(H2,22,26)(H,23,27)(H,24,28)(H,30,31). The molecule has 0 spiro atoms. The Bertz CT molecular complexity index is 698. The molecule has 1 aliphatic rings. The van der Waals surface area contributed by atoms with Crippen LogP contribution in [0.5, 0.6) is 0 Å². The van der Waals surface area contributed by atoms with Crippen LogP contribution in [-0.4, -0.2) is 70.3 Å². The van der Waals surface area contributed by atoms with E-state index in [1.165, 1.54) is 4.90 Å². The molecule has 0 aromatic rings. The number of aliphatic carboxylic acids is 1. The van der Waals surface area contributed by atoms with Crippen LogP contribution < -0.4 is 22.1 Å². The van der Waals surface area contributed by atoms with Crippen LogP contribution in [0.4, 0.5) is 0 Å². The highest BCUT2D eigenvalue weighted by Gasteiger charge is 2.40. The van der Waals surface area contributed by atoms with Crippen molar-refractivity contribution in [2.75, 3.05) is 6.54 Å². The van der Waals surface area contributed by atoms with Crippen molar-refractivity contribution in [3.63, 3.8) is 0 Å². The molecule has 0 aliphatic carbocycles. The summed E-state index contributed by atoms with van der Waals surface area (Å²) in [4.78, 5) is 62.2. The van der Waals surface area contributed by atoms with Crippen molar-refractivity contribution in [2.45, 2.75) is 77.5 Å². The Morgan fingerprint density at radius 3 is 2.19 bits per heavy atom. The van der Waals surface area contributed by atoms with Crippen LogP contribution in [0.1, 0.15) is 53.4 Å². The highest BCUT2D eigenvalue weighted by Crippen LogP contribution is 2.21. The Hall–Kier alpha value is -2.69. The Kier molecular flexibility index (Phi) is 9.89. The summed E-state index contributed by atoms with van der Waals surface area (Å²) >= 11 is 0. The van der Waals surface area contributed by atoms with Crippen LogP contribution in [0.2, 0.25) is 0 Å². The molecule has 176 valence electrons. The number of rotatable bonds is 11. The first-order valence-electron chi connectivity index (χ1n) is 10.6. The normalized spacial score (nSPS) is 19.9. The molecule has 0 aromatic carbocycles. The van der Waals surface area contributed by atoms with E-state index in [4.69, 9.17) is 11.5 Å². The summed E-state index contributed by atoms with van der Waals surface area (Å²) in [5, 5.41) is 14.5. The van der Waals surface area contributed by atoms with Gasteiger partial charge in [-0.1, -0.05) is 34.1 Å². The molecule has 11 heteroatoms. The second-order valence-electron chi connectivity index (χ2n) is 8.41. The zero-order valence-corrected chi connectivity index (χ0v) is 18.6. The van der Waals surface area contributed by atoms with Gasteiger partial charge in [0.05, 0.1) is 12.5 Å². The van der Waals surface area contributed by atoms with Gasteiger partial charge >= 0.3 is 5.97 Å². The second-order valence-corrected chi connectivity index (χ2v) is 8.41. The summed E-state index contributed by atoms with van der Waals surface area (Å²) in [6, 6.07) is -4.01. The van der Waals surface area contributed by atoms with E-state index in [9.17, 15) is 29.1 Å². The van der Waals surface area contributed by atoms with Gasteiger partial charge in [0.1, 0.15) is 18.1 Å². The fourth-order valence-electron chi connectivity index (χ4n) is 3.50. The molecule has 1 rings (SSSR count). The molecule has 31 heavy (non-hydrogen) atoms. The monoisotopic (exact) mass is 441 g/mol. The predicted molar refractivity (Wildman–Crippen MR) is 112 cm³/mol. The Labute approximate surface area is 182 Å². The van der Waals surface area contributed by atoms with Crippen LogP contribution in [0.25, 0.3) is 0 Å². The van der Waals surface area contributed by atoms with Gasteiger partial charge in [-0.05, 0) is 24.7 Å².